The lowest BCUT2D eigenvalue weighted by Gasteiger charge is -2.41. The van der Waals surface area contributed by atoms with Crippen molar-refractivity contribution < 1.29 is 19.1 Å². The van der Waals surface area contributed by atoms with Gasteiger partial charge in [-0.25, -0.2) is 4.79 Å². The average molecular weight is 470 g/mol. The molecule has 35 heavy (non-hydrogen) atoms. The van der Waals surface area contributed by atoms with E-state index in [1.54, 1.807) is 13.8 Å². The van der Waals surface area contributed by atoms with Crippen LogP contribution in [0.4, 0.5) is 5.69 Å². The van der Waals surface area contributed by atoms with Gasteiger partial charge >= 0.3 is 11.9 Å². The molecule has 0 N–H and O–H groups in total. The first-order chi connectivity index (χ1) is 17.2. The predicted molar refractivity (Wildman–Crippen MR) is 136 cm³/mol. The van der Waals surface area contributed by atoms with Crippen LogP contribution >= 0.6 is 0 Å². The minimum Gasteiger partial charge on any atom is -0.466 e. The van der Waals surface area contributed by atoms with Gasteiger partial charge in [-0.05, 0) is 60.6 Å². The fourth-order valence-electron chi connectivity index (χ4n) is 5.76. The van der Waals surface area contributed by atoms with Gasteiger partial charge in [-0.15, -0.1) is 0 Å². The molecule has 0 bridgehead atoms. The molecule has 5 heteroatoms. The van der Waals surface area contributed by atoms with Crippen molar-refractivity contribution in [3.05, 3.63) is 89.5 Å². The van der Waals surface area contributed by atoms with Gasteiger partial charge in [0.2, 0.25) is 0 Å². The van der Waals surface area contributed by atoms with Crippen LogP contribution in [0.15, 0.2) is 72.8 Å². The number of piperidine rings is 1. The second kappa shape index (κ2) is 9.95. The molecule has 2 aliphatic rings. The zero-order valence-corrected chi connectivity index (χ0v) is 20.3. The Kier molecular flexibility index (Phi) is 6.58. The topological polar surface area (TPSA) is 55.8 Å². The predicted octanol–water partition coefficient (Wildman–Crippen LogP) is 5.56. The number of nitrogens with zero attached hydrogens (tertiary/aromatic N) is 1. The maximum Gasteiger partial charge on any atom is 0.329 e. The van der Waals surface area contributed by atoms with Crippen LogP contribution < -0.4 is 4.90 Å². The van der Waals surface area contributed by atoms with Crippen molar-refractivity contribution in [2.24, 2.45) is 5.92 Å². The van der Waals surface area contributed by atoms with Gasteiger partial charge < -0.3 is 14.4 Å². The fourth-order valence-corrected chi connectivity index (χ4v) is 5.76. The molecule has 0 radical (unpaired) electrons. The van der Waals surface area contributed by atoms with E-state index in [1.807, 2.05) is 6.07 Å². The molecule has 0 saturated carbocycles. The van der Waals surface area contributed by atoms with Crippen LogP contribution in [0.25, 0.3) is 11.1 Å². The first kappa shape index (κ1) is 23.2. The van der Waals surface area contributed by atoms with E-state index in [0.29, 0.717) is 13.0 Å². The van der Waals surface area contributed by atoms with Gasteiger partial charge in [0, 0.05) is 18.2 Å². The molecule has 0 amide bonds. The van der Waals surface area contributed by atoms with Crippen molar-refractivity contribution >= 4 is 17.6 Å². The van der Waals surface area contributed by atoms with Crippen LogP contribution in [-0.4, -0.2) is 37.7 Å². The molecular weight excluding hydrogens is 438 g/mol. The number of carbonyl (C=O) groups is 2. The van der Waals surface area contributed by atoms with E-state index in [-0.39, 0.29) is 31.1 Å². The second-order valence-corrected chi connectivity index (χ2v) is 9.06. The van der Waals surface area contributed by atoms with Crippen LogP contribution in [0.1, 0.15) is 49.3 Å². The summed E-state index contributed by atoms with van der Waals surface area (Å²) in [6.45, 7) is 4.82. The highest BCUT2D eigenvalue weighted by Gasteiger charge is 2.45. The van der Waals surface area contributed by atoms with E-state index in [2.05, 4.69) is 71.6 Å². The molecule has 1 aliphatic heterocycles. The molecule has 1 aliphatic carbocycles. The van der Waals surface area contributed by atoms with Crippen molar-refractivity contribution in [1.29, 1.82) is 0 Å². The standard InChI is InChI=1S/C30H31NO4/c1-3-34-29(32)24-17-11-19-31(28(24)30(33)35-4-2)25-18-10-16-23-21-14-8-9-15-22(21)26(27(23)25)20-12-6-5-7-13-20/h5-10,12-16,18,24,26,28H,3-4,11,17,19H2,1-2H3/t24-,26?,28+/m1/s1. The van der Waals surface area contributed by atoms with Gasteiger partial charge in [0.1, 0.15) is 6.04 Å². The van der Waals surface area contributed by atoms with Gasteiger partial charge in [0.05, 0.1) is 19.1 Å². The zero-order chi connectivity index (χ0) is 24.4. The number of carbonyl (C=O) groups excluding carboxylic acids is 2. The van der Waals surface area contributed by atoms with Crippen LogP contribution in [0.3, 0.4) is 0 Å². The lowest BCUT2D eigenvalue weighted by Crippen LogP contribution is -2.54. The third kappa shape index (κ3) is 4.09. The molecule has 5 rings (SSSR count). The summed E-state index contributed by atoms with van der Waals surface area (Å²) in [5.74, 6) is -1.21. The molecule has 3 aromatic rings. The monoisotopic (exact) mass is 469 g/mol. The molecule has 0 spiro atoms. The summed E-state index contributed by atoms with van der Waals surface area (Å²) in [4.78, 5) is 28.3. The van der Waals surface area contributed by atoms with Gasteiger partial charge in [0.15, 0.2) is 0 Å². The van der Waals surface area contributed by atoms with Gasteiger partial charge in [0.25, 0.3) is 0 Å². The van der Waals surface area contributed by atoms with E-state index in [4.69, 9.17) is 9.47 Å². The van der Waals surface area contributed by atoms with Crippen LogP contribution in [0, 0.1) is 5.92 Å². The minimum absolute atomic E-state index is 0.0458. The number of hydrogen-bond donors (Lipinski definition) is 0. The van der Waals surface area contributed by atoms with E-state index >= 15 is 0 Å². The average Bonchev–Trinajstić information content (AvgIpc) is 3.24. The fraction of sp³-hybridized carbons (Fsp3) is 0.333. The van der Waals surface area contributed by atoms with Gasteiger partial charge in [-0.3, -0.25) is 4.79 Å². The van der Waals surface area contributed by atoms with E-state index in [0.717, 1.165) is 12.1 Å². The summed E-state index contributed by atoms with van der Waals surface area (Å²) >= 11 is 0. The Balaban J connectivity index is 1.67. The summed E-state index contributed by atoms with van der Waals surface area (Å²) in [6.07, 6.45) is 1.40. The van der Waals surface area contributed by atoms with E-state index < -0.39 is 12.0 Å². The maximum absolute atomic E-state index is 13.3. The van der Waals surface area contributed by atoms with Crippen molar-refractivity contribution in [3.8, 4) is 11.1 Å². The summed E-state index contributed by atoms with van der Waals surface area (Å²) in [7, 11) is 0. The van der Waals surface area contributed by atoms with Crippen molar-refractivity contribution in [1.82, 2.24) is 0 Å². The quantitative estimate of drug-likeness (QED) is 0.346. The SMILES string of the molecule is CCOC(=O)[C@@H]1[C@H](C(=O)OCC)CCCN1c1cccc2c1C(c1ccccc1)c1ccccc1-2. The molecule has 180 valence electrons. The van der Waals surface area contributed by atoms with Crippen LogP contribution in [0.5, 0.6) is 0 Å². The van der Waals surface area contributed by atoms with E-state index in [9.17, 15) is 9.59 Å². The van der Waals surface area contributed by atoms with Crippen molar-refractivity contribution in [2.75, 3.05) is 24.7 Å². The largest absolute Gasteiger partial charge is 0.466 e. The summed E-state index contributed by atoms with van der Waals surface area (Å²) in [5, 5.41) is 0. The van der Waals surface area contributed by atoms with E-state index in [1.165, 1.54) is 27.8 Å². The lowest BCUT2D eigenvalue weighted by atomic mass is 9.85. The molecule has 5 nitrogen and oxygen atoms in total. The van der Waals surface area contributed by atoms with Crippen molar-refractivity contribution in [3.63, 3.8) is 0 Å². The Morgan fingerprint density at radius 3 is 2.29 bits per heavy atom. The number of anilines is 1. The van der Waals surface area contributed by atoms with Crippen molar-refractivity contribution in [2.45, 2.75) is 38.6 Å². The Hall–Kier alpha value is -3.60. The minimum atomic E-state index is -0.714. The molecule has 3 atom stereocenters. The Labute approximate surface area is 206 Å². The lowest BCUT2D eigenvalue weighted by molar-refractivity contribution is -0.157. The molecule has 3 aromatic carbocycles. The number of esters is 2. The number of benzene rings is 3. The third-order valence-corrected chi connectivity index (χ3v) is 7.12. The summed E-state index contributed by atoms with van der Waals surface area (Å²) < 4.78 is 10.9. The number of hydrogen-bond acceptors (Lipinski definition) is 5. The second-order valence-electron chi connectivity index (χ2n) is 9.06. The molecule has 1 fully saturated rings. The number of rotatable bonds is 6. The zero-order valence-electron chi connectivity index (χ0n) is 20.3. The maximum atomic E-state index is 13.3. The summed E-state index contributed by atoms with van der Waals surface area (Å²) in [5.41, 5.74) is 7.02. The smallest absolute Gasteiger partial charge is 0.329 e. The Morgan fingerprint density at radius 1 is 0.829 bits per heavy atom. The van der Waals surface area contributed by atoms with Gasteiger partial charge in [-0.1, -0.05) is 66.7 Å². The molecule has 1 heterocycles. The number of ether oxygens (including phenoxy) is 2. The Morgan fingerprint density at radius 2 is 1.51 bits per heavy atom. The first-order valence-corrected chi connectivity index (χ1v) is 12.5. The first-order valence-electron chi connectivity index (χ1n) is 12.5. The molecular formula is C30H31NO4. The highest BCUT2D eigenvalue weighted by molar-refractivity contribution is 5.91. The highest BCUT2D eigenvalue weighted by atomic mass is 16.5. The normalized spacial score (nSPS) is 20.6. The van der Waals surface area contributed by atoms with Crippen LogP contribution in [0.2, 0.25) is 0 Å². The number of fused-ring (bicyclic) bond motifs is 3. The summed E-state index contributed by atoms with van der Waals surface area (Å²) in [6, 6.07) is 24.6. The third-order valence-electron chi connectivity index (χ3n) is 7.12. The Bertz CT molecular complexity index is 1220. The molecule has 0 aromatic heterocycles. The molecule has 1 unspecified atom stereocenters. The molecule has 1 saturated heterocycles. The highest BCUT2D eigenvalue weighted by Crippen LogP contribution is 2.52. The van der Waals surface area contributed by atoms with Gasteiger partial charge in [-0.2, -0.15) is 0 Å². The van der Waals surface area contributed by atoms with Crippen LogP contribution in [-0.2, 0) is 19.1 Å².